The second kappa shape index (κ2) is 9.65. The molecule has 0 bridgehead atoms. The first-order valence-corrected chi connectivity index (χ1v) is 8.79. The fraction of sp³-hybridized carbons (Fsp3) is 0.400. The minimum Gasteiger partial charge on any atom is -0.493 e. The van der Waals surface area contributed by atoms with Crippen LogP contribution in [0.3, 0.4) is 0 Å². The van der Waals surface area contributed by atoms with Gasteiger partial charge >= 0.3 is 0 Å². The van der Waals surface area contributed by atoms with Gasteiger partial charge in [-0.25, -0.2) is 0 Å². The largest absolute Gasteiger partial charge is 0.493 e. The van der Waals surface area contributed by atoms with Gasteiger partial charge in [-0.3, -0.25) is 9.78 Å². The van der Waals surface area contributed by atoms with Crippen LogP contribution in [0.25, 0.3) is 0 Å². The van der Waals surface area contributed by atoms with Gasteiger partial charge in [-0.05, 0) is 49.6 Å². The van der Waals surface area contributed by atoms with Crippen LogP contribution in [0.4, 0.5) is 5.69 Å². The van der Waals surface area contributed by atoms with Crippen molar-refractivity contribution in [3.05, 3.63) is 47.8 Å². The van der Waals surface area contributed by atoms with Gasteiger partial charge in [0.05, 0.1) is 14.2 Å². The molecule has 0 saturated heterocycles. The van der Waals surface area contributed by atoms with Gasteiger partial charge in [0.2, 0.25) is 0 Å². The van der Waals surface area contributed by atoms with Gasteiger partial charge in [0.25, 0.3) is 5.91 Å². The number of pyridine rings is 1. The lowest BCUT2D eigenvalue weighted by atomic mass is 10.1. The van der Waals surface area contributed by atoms with Crippen LogP contribution in [0.1, 0.15) is 36.3 Å². The van der Waals surface area contributed by atoms with Crippen molar-refractivity contribution in [2.24, 2.45) is 0 Å². The Hall–Kier alpha value is -2.76. The second-order valence-corrected chi connectivity index (χ2v) is 6.08. The molecule has 0 spiro atoms. The van der Waals surface area contributed by atoms with Crippen LogP contribution in [0.5, 0.6) is 11.5 Å². The lowest BCUT2D eigenvalue weighted by Gasteiger charge is -2.12. The first kappa shape index (κ1) is 19.6. The van der Waals surface area contributed by atoms with Gasteiger partial charge in [-0.15, -0.1) is 0 Å². The van der Waals surface area contributed by atoms with Crippen molar-refractivity contribution in [1.82, 2.24) is 10.3 Å². The molecule has 2 aromatic rings. The number of hydrogen-bond donors (Lipinski definition) is 2. The molecule has 2 rings (SSSR count). The van der Waals surface area contributed by atoms with Gasteiger partial charge in [0.1, 0.15) is 5.69 Å². The highest BCUT2D eigenvalue weighted by Crippen LogP contribution is 2.27. The minimum atomic E-state index is -0.150. The number of nitrogens with zero attached hydrogens (tertiary/aromatic N) is 1. The Labute approximate surface area is 154 Å². The van der Waals surface area contributed by atoms with E-state index >= 15 is 0 Å². The van der Waals surface area contributed by atoms with Gasteiger partial charge in [-0.1, -0.05) is 13.0 Å². The number of ether oxygens (including phenoxy) is 2. The van der Waals surface area contributed by atoms with E-state index in [1.54, 1.807) is 26.5 Å². The zero-order chi connectivity index (χ0) is 18.9. The smallest absolute Gasteiger partial charge is 0.270 e. The van der Waals surface area contributed by atoms with E-state index in [0.717, 1.165) is 42.1 Å². The summed E-state index contributed by atoms with van der Waals surface area (Å²) in [4.78, 5) is 16.3. The van der Waals surface area contributed by atoms with Gasteiger partial charge in [-0.2, -0.15) is 0 Å². The third-order valence-corrected chi connectivity index (χ3v) is 4.17. The van der Waals surface area contributed by atoms with E-state index in [1.807, 2.05) is 38.1 Å². The molecule has 1 aromatic carbocycles. The number of hydrogen-bond acceptors (Lipinski definition) is 5. The van der Waals surface area contributed by atoms with Gasteiger partial charge in [0.15, 0.2) is 11.5 Å². The minimum absolute atomic E-state index is 0.131. The first-order chi connectivity index (χ1) is 12.6. The summed E-state index contributed by atoms with van der Waals surface area (Å²) in [7, 11) is 3.25. The van der Waals surface area contributed by atoms with Crippen molar-refractivity contribution in [1.29, 1.82) is 0 Å². The van der Waals surface area contributed by atoms with E-state index in [9.17, 15) is 4.79 Å². The van der Waals surface area contributed by atoms with E-state index < -0.39 is 0 Å². The molecule has 0 aliphatic carbocycles. The lowest BCUT2D eigenvalue weighted by molar-refractivity contribution is 0.0934. The summed E-state index contributed by atoms with van der Waals surface area (Å²) in [5.41, 5.74) is 2.43. The molecule has 140 valence electrons. The van der Waals surface area contributed by atoms with Crippen LogP contribution in [0, 0.1) is 0 Å². The lowest BCUT2D eigenvalue weighted by Crippen LogP contribution is -2.32. The molecule has 1 amide bonds. The number of amides is 1. The van der Waals surface area contributed by atoms with Gasteiger partial charge in [0, 0.05) is 24.5 Å². The molecule has 6 heteroatoms. The molecule has 0 radical (unpaired) electrons. The fourth-order valence-corrected chi connectivity index (χ4v) is 2.45. The Kier molecular flexibility index (Phi) is 7.26. The third kappa shape index (κ3) is 5.37. The number of carbonyl (C=O) groups excluding carboxylic acids is 1. The molecule has 0 aliphatic rings. The maximum atomic E-state index is 12.2. The zero-order valence-electron chi connectivity index (χ0n) is 15.8. The molecule has 2 N–H and O–H groups in total. The normalized spacial score (nSPS) is 11.5. The van der Waals surface area contributed by atoms with Crippen molar-refractivity contribution >= 4 is 11.6 Å². The maximum absolute atomic E-state index is 12.2. The molecular formula is C20H27N3O3. The van der Waals surface area contributed by atoms with Crippen molar-refractivity contribution < 1.29 is 14.3 Å². The van der Waals surface area contributed by atoms with Crippen LogP contribution < -0.4 is 20.1 Å². The summed E-state index contributed by atoms with van der Waals surface area (Å²) in [5.74, 6) is 1.29. The molecule has 1 unspecified atom stereocenters. The number of anilines is 1. The highest BCUT2D eigenvalue weighted by molar-refractivity contribution is 5.93. The molecule has 0 aliphatic heterocycles. The van der Waals surface area contributed by atoms with E-state index in [2.05, 4.69) is 15.6 Å². The zero-order valence-corrected chi connectivity index (χ0v) is 15.8. The Morgan fingerprint density at radius 3 is 2.62 bits per heavy atom. The molecular weight excluding hydrogens is 330 g/mol. The first-order valence-electron chi connectivity index (χ1n) is 8.79. The average molecular weight is 357 g/mol. The van der Waals surface area contributed by atoms with Gasteiger partial charge < -0.3 is 20.1 Å². The summed E-state index contributed by atoms with van der Waals surface area (Å²) in [5, 5.41) is 6.25. The molecule has 1 aromatic heterocycles. The SMILES string of the molecule is CCC(C)NC(=O)c1cc(NCCc2ccc(OC)c(OC)c2)ccn1. The summed E-state index contributed by atoms with van der Waals surface area (Å²) >= 11 is 0. The number of carbonyl (C=O) groups is 1. The highest BCUT2D eigenvalue weighted by atomic mass is 16.5. The third-order valence-electron chi connectivity index (χ3n) is 4.17. The second-order valence-electron chi connectivity index (χ2n) is 6.08. The van der Waals surface area contributed by atoms with Crippen molar-refractivity contribution in [3.8, 4) is 11.5 Å². The van der Waals surface area contributed by atoms with Crippen LogP contribution in [-0.2, 0) is 6.42 Å². The van der Waals surface area contributed by atoms with E-state index in [1.165, 1.54) is 0 Å². The maximum Gasteiger partial charge on any atom is 0.270 e. The quantitative estimate of drug-likeness (QED) is 0.720. The van der Waals surface area contributed by atoms with Crippen LogP contribution >= 0.6 is 0 Å². The molecule has 1 heterocycles. The Balaban J connectivity index is 1.94. The molecule has 1 atom stereocenters. The Bertz CT molecular complexity index is 734. The number of nitrogens with one attached hydrogen (secondary N) is 2. The van der Waals surface area contributed by atoms with Crippen LogP contribution in [0.15, 0.2) is 36.5 Å². The van der Waals surface area contributed by atoms with Crippen molar-refractivity contribution in [2.45, 2.75) is 32.7 Å². The summed E-state index contributed by atoms with van der Waals surface area (Å²) in [6.07, 6.45) is 3.34. The van der Waals surface area contributed by atoms with Crippen molar-refractivity contribution in [3.63, 3.8) is 0 Å². The molecule has 26 heavy (non-hydrogen) atoms. The molecule has 0 saturated carbocycles. The van der Waals surface area contributed by atoms with Crippen LogP contribution in [-0.4, -0.2) is 37.7 Å². The number of methoxy groups -OCH3 is 2. The number of benzene rings is 1. The predicted octanol–water partition coefficient (Wildman–Crippen LogP) is 3.28. The summed E-state index contributed by atoms with van der Waals surface area (Å²) in [6, 6.07) is 9.64. The average Bonchev–Trinajstić information content (AvgIpc) is 2.67. The summed E-state index contributed by atoms with van der Waals surface area (Å²) < 4.78 is 10.6. The van der Waals surface area contributed by atoms with E-state index in [0.29, 0.717) is 5.69 Å². The Morgan fingerprint density at radius 1 is 1.15 bits per heavy atom. The predicted molar refractivity (Wildman–Crippen MR) is 103 cm³/mol. The van der Waals surface area contributed by atoms with E-state index in [-0.39, 0.29) is 11.9 Å². The molecule has 0 fully saturated rings. The highest BCUT2D eigenvalue weighted by Gasteiger charge is 2.10. The fourth-order valence-electron chi connectivity index (χ4n) is 2.45. The summed E-state index contributed by atoms with van der Waals surface area (Å²) in [6.45, 7) is 4.74. The number of aromatic nitrogens is 1. The topological polar surface area (TPSA) is 72.5 Å². The monoisotopic (exact) mass is 357 g/mol. The van der Waals surface area contributed by atoms with Crippen molar-refractivity contribution in [2.75, 3.05) is 26.1 Å². The van der Waals surface area contributed by atoms with Crippen LogP contribution in [0.2, 0.25) is 0 Å². The van der Waals surface area contributed by atoms with E-state index in [4.69, 9.17) is 9.47 Å². The molecule has 6 nitrogen and oxygen atoms in total. The standard InChI is InChI=1S/C20H27N3O3/c1-5-14(2)23-20(24)17-13-16(9-11-22-17)21-10-8-15-6-7-18(25-3)19(12-15)26-4/h6-7,9,11-14H,5,8,10H2,1-4H3,(H,21,22)(H,23,24). The Morgan fingerprint density at radius 2 is 1.92 bits per heavy atom. The number of rotatable bonds is 9.